The van der Waals surface area contributed by atoms with Crippen LogP contribution in [0.15, 0.2) is 78.9 Å². The zero-order valence-electron chi connectivity index (χ0n) is 13.6. The normalized spacial score (nSPS) is 12.4. The summed E-state index contributed by atoms with van der Waals surface area (Å²) >= 11 is 0. The standard InChI is InChI=1S/C23H18O/c1-16(19-12-6-9-17-7-2-4-10-21(17)19)20-14-13-18-8-3-5-11-22(18)23(20)15-24/h2-16H,1H3. The summed E-state index contributed by atoms with van der Waals surface area (Å²) in [4.78, 5) is 11.8. The first kappa shape index (κ1) is 14.6. The Labute approximate surface area is 141 Å². The monoisotopic (exact) mass is 310 g/mol. The highest BCUT2D eigenvalue weighted by Gasteiger charge is 2.16. The summed E-state index contributed by atoms with van der Waals surface area (Å²) in [5.74, 6) is 0.154. The van der Waals surface area contributed by atoms with Gasteiger partial charge in [-0.3, -0.25) is 4.79 Å². The van der Waals surface area contributed by atoms with Crippen LogP contribution in [-0.4, -0.2) is 6.29 Å². The van der Waals surface area contributed by atoms with Crippen molar-refractivity contribution < 1.29 is 4.79 Å². The summed E-state index contributed by atoms with van der Waals surface area (Å²) < 4.78 is 0. The first-order valence-corrected chi connectivity index (χ1v) is 8.24. The van der Waals surface area contributed by atoms with Crippen molar-refractivity contribution in [3.05, 3.63) is 95.6 Å². The maximum absolute atomic E-state index is 11.8. The van der Waals surface area contributed by atoms with Gasteiger partial charge in [0.15, 0.2) is 6.29 Å². The quantitative estimate of drug-likeness (QED) is 0.427. The van der Waals surface area contributed by atoms with E-state index < -0.39 is 0 Å². The van der Waals surface area contributed by atoms with Crippen molar-refractivity contribution in [2.24, 2.45) is 0 Å². The molecule has 0 aliphatic rings. The minimum absolute atomic E-state index is 0.154. The van der Waals surface area contributed by atoms with Gasteiger partial charge in [0, 0.05) is 11.5 Å². The fourth-order valence-electron chi connectivity index (χ4n) is 3.62. The Morgan fingerprint density at radius 1 is 0.667 bits per heavy atom. The largest absolute Gasteiger partial charge is 0.298 e. The summed E-state index contributed by atoms with van der Waals surface area (Å²) in [6.45, 7) is 2.18. The molecule has 0 saturated heterocycles. The van der Waals surface area contributed by atoms with Crippen LogP contribution in [0.5, 0.6) is 0 Å². The highest BCUT2D eigenvalue weighted by atomic mass is 16.1. The summed E-state index contributed by atoms with van der Waals surface area (Å²) in [6.07, 6.45) is 0.999. The van der Waals surface area contributed by atoms with E-state index in [0.29, 0.717) is 0 Å². The Kier molecular flexibility index (Phi) is 3.62. The SMILES string of the molecule is CC(c1ccc2ccccc2c1C=O)c1cccc2ccccc12. The molecule has 1 atom stereocenters. The minimum atomic E-state index is 0.154. The molecule has 4 aromatic carbocycles. The number of rotatable bonds is 3. The molecule has 0 spiro atoms. The predicted octanol–water partition coefficient (Wildman–Crippen LogP) is 5.96. The van der Waals surface area contributed by atoms with E-state index in [1.807, 2.05) is 18.2 Å². The van der Waals surface area contributed by atoms with E-state index in [0.717, 1.165) is 28.2 Å². The lowest BCUT2D eigenvalue weighted by atomic mass is 9.85. The van der Waals surface area contributed by atoms with Gasteiger partial charge in [0.2, 0.25) is 0 Å². The van der Waals surface area contributed by atoms with Gasteiger partial charge in [-0.1, -0.05) is 85.8 Å². The Bertz CT molecular complexity index is 1040. The van der Waals surface area contributed by atoms with Gasteiger partial charge < -0.3 is 0 Å². The van der Waals surface area contributed by atoms with Crippen LogP contribution >= 0.6 is 0 Å². The van der Waals surface area contributed by atoms with E-state index in [1.54, 1.807) is 0 Å². The molecule has 0 bridgehead atoms. The molecule has 116 valence electrons. The van der Waals surface area contributed by atoms with Crippen LogP contribution in [0.1, 0.15) is 34.3 Å². The fourth-order valence-corrected chi connectivity index (χ4v) is 3.62. The number of carbonyl (C=O) groups excluding carboxylic acids is 1. The van der Waals surface area contributed by atoms with Gasteiger partial charge in [-0.15, -0.1) is 0 Å². The van der Waals surface area contributed by atoms with E-state index in [2.05, 4.69) is 67.6 Å². The van der Waals surface area contributed by atoms with Crippen LogP contribution in [0.4, 0.5) is 0 Å². The van der Waals surface area contributed by atoms with Crippen molar-refractivity contribution >= 4 is 27.8 Å². The van der Waals surface area contributed by atoms with Crippen LogP contribution in [0.3, 0.4) is 0 Å². The first-order chi connectivity index (χ1) is 11.8. The second-order valence-electron chi connectivity index (χ2n) is 6.20. The number of fused-ring (bicyclic) bond motifs is 2. The number of benzene rings is 4. The predicted molar refractivity (Wildman–Crippen MR) is 101 cm³/mol. The first-order valence-electron chi connectivity index (χ1n) is 8.24. The summed E-state index contributed by atoms with van der Waals surface area (Å²) in [6, 6.07) is 27.1. The molecule has 4 rings (SSSR count). The summed E-state index contributed by atoms with van der Waals surface area (Å²) in [5, 5.41) is 4.61. The molecule has 0 aliphatic carbocycles. The zero-order chi connectivity index (χ0) is 16.5. The molecule has 24 heavy (non-hydrogen) atoms. The number of aldehydes is 1. The average molecular weight is 310 g/mol. The van der Waals surface area contributed by atoms with Crippen LogP contribution in [0.2, 0.25) is 0 Å². The van der Waals surface area contributed by atoms with E-state index in [4.69, 9.17) is 0 Å². The second-order valence-corrected chi connectivity index (χ2v) is 6.20. The van der Waals surface area contributed by atoms with Gasteiger partial charge in [-0.2, -0.15) is 0 Å². The Hall–Kier alpha value is -2.93. The van der Waals surface area contributed by atoms with E-state index >= 15 is 0 Å². The second kappa shape index (κ2) is 5.93. The third-order valence-electron chi connectivity index (χ3n) is 4.88. The molecular weight excluding hydrogens is 292 g/mol. The molecule has 0 amide bonds. The lowest BCUT2D eigenvalue weighted by molar-refractivity contribution is 0.112. The molecular formula is C23H18O. The molecule has 1 unspecified atom stereocenters. The number of carbonyl (C=O) groups is 1. The van der Waals surface area contributed by atoms with Crippen molar-refractivity contribution in [2.75, 3.05) is 0 Å². The zero-order valence-corrected chi connectivity index (χ0v) is 13.6. The van der Waals surface area contributed by atoms with E-state index in [9.17, 15) is 4.79 Å². The molecule has 0 radical (unpaired) electrons. The van der Waals surface area contributed by atoms with Crippen molar-refractivity contribution in [1.29, 1.82) is 0 Å². The summed E-state index contributed by atoms with van der Waals surface area (Å²) in [5.41, 5.74) is 3.14. The highest BCUT2D eigenvalue weighted by Crippen LogP contribution is 2.34. The van der Waals surface area contributed by atoms with Crippen LogP contribution in [0.25, 0.3) is 21.5 Å². The Balaban J connectivity index is 1.95. The smallest absolute Gasteiger partial charge is 0.150 e. The van der Waals surface area contributed by atoms with Gasteiger partial charge in [0.05, 0.1) is 0 Å². The lowest BCUT2D eigenvalue weighted by Gasteiger charge is -2.18. The minimum Gasteiger partial charge on any atom is -0.298 e. The van der Waals surface area contributed by atoms with E-state index in [1.165, 1.54) is 16.3 Å². The lowest BCUT2D eigenvalue weighted by Crippen LogP contribution is -2.02. The fraction of sp³-hybridized carbons (Fsp3) is 0.0870. The Morgan fingerprint density at radius 2 is 1.29 bits per heavy atom. The molecule has 0 aliphatic heterocycles. The van der Waals surface area contributed by atoms with Crippen LogP contribution in [0, 0.1) is 0 Å². The molecule has 0 saturated carbocycles. The van der Waals surface area contributed by atoms with Gasteiger partial charge in [-0.05, 0) is 32.7 Å². The molecule has 4 aromatic rings. The number of hydrogen-bond donors (Lipinski definition) is 0. The average Bonchev–Trinajstić information content (AvgIpc) is 2.66. The molecule has 0 heterocycles. The maximum atomic E-state index is 11.8. The number of hydrogen-bond acceptors (Lipinski definition) is 1. The third kappa shape index (κ3) is 2.30. The van der Waals surface area contributed by atoms with Crippen molar-refractivity contribution in [1.82, 2.24) is 0 Å². The van der Waals surface area contributed by atoms with Gasteiger partial charge in [0.25, 0.3) is 0 Å². The highest BCUT2D eigenvalue weighted by molar-refractivity contribution is 6.00. The van der Waals surface area contributed by atoms with Crippen LogP contribution < -0.4 is 0 Å². The summed E-state index contributed by atoms with van der Waals surface area (Å²) in [7, 11) is 0. The molecule has 1 heteroatoms. The van der Waals surface area contributed by atoms with E-state index in [-0.39, 0.29) is 5.92 Å². The Morgan fingerprint density at radius 3 is 2.04 bits per heavy atom. The topological polar surface area (TPSA) is 17.1 Å². The van der Waals surface area contributed by atoms with Crippen molar-refractivity contribution in [3.63, 3.8) is 0 Å². The van der Waals surface area contributed by atoms with Crippen LogP contribution in [-0.2, 0) is 0 Å². The molecule has 0 aromatic heterocycles. The van der Waals surface area contributed by atoms with Gasteiger partial charge in [0.1, 0.15) is 0 Å². The van der Waals surface area contributed by atoms with Gasteiger partial charge >= 0.3 is 0 Å². The molecule has 1 nitrogen and oxygen atoms in total. The molecule has 0 N–H and O–H groups in total. The van der Waals surface area contributed by atoms with Gasteiger partial charge in [-0.25, -0.2) is 0 Å². The third-order valence-corrected chi connectivity index (χ3v) is 4.88. The van der Waals surface area contributed by atoms with Crippen molar-refractivity contribution in [3.8, 4) is 0 Å². The molecule has 0 fully saturated rings. The maximum Gasteiger partial charge on any atom is 0.150 e. The van der Waals surface area contributed by atoms with Crippen molar-refractivity contribution in [2.45, 2.75) is 12.8 Å².